The molecule has 0 amide bonds. The molecule has 0 saturated carbocycles. The quantitative estimate of drug-likeness (QED) is 0.177. The third-order valence-corrected chi connectivity index (χ3v) is 12.4. The van der Waals surface area contributed by atoms with Crippen LogP contribution in [-0.2, 0) is 0 Å². The third-order valence-electron chi connectivity index (χ3n) is 12.4. The molecule has 14 aromatic rings. The summed E-state index contributed by atoms with van der Waals surface area (Å²) in [6.07, 6.45) is 0. The van der Waals surface area contributed by atoms with E-state index in [2.05, 4.69) is 183 Å². The molecule has 0 aliphatic rings. The molecule has 4 heteroatoms. The van der Waals surface area contributed by atoms with E-state index in [9.17, 15) is 0 Å². The maximum Gasteiger partial charge on any atom is 0.146 e. The van der Waals surface area contributed by atoms with Crippen LogP contribution in [0, 0.1) is 0 Å². The molecule has 0 aliphatic carbocycles. The van der Waals surface area contributed by atoms with Crippen LogP contribution in [0.15, 0.2) is 170 Å². The summed E-state index contributed by atoms with van der Waals surface area (Å²) in [7, 11) is 0. The molecule has 0 saturated heterocycles. The number of nitrogens with zero attached hydrogens (tertiary/aromatic N) is 4. The zero-order chi connectivity index (χ0) is 35.5. The first-order chi connectivity index (χ1) is 27.3. The number of para-hydroxylation sites is 5. The highest BCUT2D eigenvalue weighted by Crippen LogP contribution is 2.47. The van der Waals surface area contributed by atoms with E-state index in [1.807, 2.05) is 0 Å². The van der Waals surface area contributed by atoms with Crippen LogP contribution in [0.1, 0.15) is 0 Å². The minimum atomic E-state index is 1.00. The largest absolute Gasteiger partial charge is 0.309 e. The number of pyridine rings is 1. The molecule has 14 rings (SSSR count). The Morgan fingerprint density at radius 3 is 1.80 bits per heavy atom. The highest BCUT2D eigenvalue weighted by Gasteiger charge is 2.26. The van der Waals surface area contributed by atoms with Crippen LogP contribution in [-0.4, -0.2) is 18.4 Å². The van der Waals surface area contributed by atoms with Gasteiger partial charge in [-0.2, -0.15) is 0 Å². The SMILES string of the molecule is c1ccc(-n2c3ccccc3c3cc(-c4c5ccccc5cc5c6cccc7c8cc9c(nc8n(c45)c76)c4cccc5c6ccccc6n9c54)ccc32)cc1. The van der Waals surface area contributed by atoms with Gasteiger partial charge in [-0.05, 0) is 64.9 Å². The molecule has 0 unspecified atom stereocenters. The van der Waals surface area contributed by atoms with Crippen molar-refractivity contribution in [2.45, 2.75) is 0 Å². The van der Waals surface area contributed by atoms with E-state index in [4.69, 9.17) is 4.98 Å². The van der Waals surface area contributed by atoms with Crippen molar-refractivity contribution >= 4 is 109 Å². The molecular weight excluding hydrogens is 669 g/mol. The summed E-state index contributed by atoms with van der Waals surface area (Å²) >= 11 is 0. The van der Waals surface area contributed by atoms with Gasteiger partial charge in [-0.15, -0.1) is 0 Å². The lowest BCUT2D eigenvalue weighted by molar-refractivity contribution is 1.18. The van der Waals surface area contributed by atoms with Gasteiger partial charge in [-0.25, -0.2) is 4.98 Å². The lowest BCUT2D eigenvalue weighted by atomic mass is 9.93. The van der Waals surface area contributed by atoms with Gasteiger partial charge in [0.05, 0.1) is 44.1 Å². The summed E-state index contributed by atoms with van der Waals surface area (Å²) < 4.78 is 7.32. The Hall–Kier alpha value is -7.43. The predicted octanol–water partition coefficient (Wildman–Crippen LogP) is 13.3. The van der Waals surface area contributed by atoms with Crippen molar-refractivity contribution in [2.24, 2.45) is 0 Å². The van der Waals surface area contributed by atoms with E-state index < -0.39 is 0 Å². The van der Waals surface area contributed by atoms with Crippen molar-refractivity contribution in [1.29, 1.82) is 0 Å². The molecule has 0 aliphatic heterocycles. The maximum absolute atomic E-state index is 5.70. The zero-order valence-corrected chi connectivity index (χ0v) is 29.5. The summed E-state index contributed by atoms with van der Waals surface area (Å²) in [5.74, 6) is 0. The van der Waals surface area contributed by atoms with Gasteiger partial charge in [-0.1, -0.05) is 121 Å². The molecular formula is C51H28N4. The first-order valence-corrected chi connectivity index (χ1v) is 19.0. The van der Waals surface area contributed by atoms with Gasteiger partial charge in [-0.3, -0.25) is 4.40 Å². The van der Waals surface area contributed by atoms with Crippen molar-refractivity contribution in [3.63, 3.8) is 0 Å². The van der Waals surface area contributed by atoms with Crippen LogP contribution in [0.4, 0.5) is 0 Å². The highest BCUT2D eigenvalue weighted by atomic mass is 15.0. The highest BCUT2D eigenvalue weighted by molar-refractivity contribution is 6.30. The van der Waals surface area contributed by atoms with Crippen molar-refractivity contribution in [2.75, 3.05) is 0 Å². The average molecular weight is 697 g/mol. The first kappa shape index (κ1) is 28.1. The Morgan fingerprint density at radius 1 is 0.345 bits per heavy atom. The predicted molar refractivity (Wildman–Crippen MR) is 231 cm³/mol. The van der Waals surface area contributed by atoms with Crippen molar-refractivity contribution in [3.05, 3.63) is 170 Å². The van der Waals surface area contributed by atoms with E-state index >= 15 is 0 Å². The Balaban J connectivity index is 1.16. The maximum atomic E-state index is 5.70. The molecule has 0 fully saturated rings. The fourth-order valence-corrected chi connectivity index (χ4v) is 10.3. The topological polar surface area (TPSA) is 26.6 Å². The summed E-state index contributed by atoms with van der Waals surface area (Å²) in [5, 5.41) is 13.7. The molecule has 4 nitrogen and oxygen atoms in total. The summed E-state index contributed by atoms with van der Waals surface area (Å²) in [5.41, 5.74) is 14.1. The van der Waals surface area contributed by atoms with E-state index in [0.29, 0.717) is 0 Å². The Bertz CT molecular complexity index is 3940. The van der Waals surface area contributed by atoms with Crippen molar-refractivity contribution in [1.82, 2.24) is 18.4 Å². The van der Waals surface area contributed by atoms with Crippen LogP contribution >= 0.6 is 0 Å². The number of rotatable bonds is 2. The van der Waals surface area contributed by atoms with Crippen LogP contribution < -0.4 is 0 Å². The Kier molecular flexibility index (Phi) is 4.99. The number of benzene rings is 8. The average Bonchev–Trinajstić information content (AvgIpc) is 4.03. The number of hydrogen-bond acceptors (Lipinski definition) is 1. The molecule has 6 aromatic heterocycles. The summed E-state index contributed by atoms with van der Waals surface area (Å²) in [6, 6.07) is 62.5. The molecule has 0 N–H and O–H groups in total. The first-order valence-electron chi connectivity index (χ1n) is 19.0. The Morgan fingerprint density at radius 2 is 0.964 bits per heavy atom. The molecule has 0 spiro atoms. The van der Waals surface area contributed by atoms with Gasteiger partial charge in [0.15, 0.2) is 0 Å². The van der Waals surface area contributed by atoms with Crippen molar-refractivity contribution in [3.8, 4) is 16.8 Å². The lowest BCUT2D eigenvalue weighted by Crippen LogP contribution is -1.93. The van der Waals surface area contributed by atoms with Crippen LogP contribution in [0.25, 0.3) is 126 Å². The van der Waals surface area contributed by atoms with Gasteiger partial charge < -0.3 is 8.97 Å². The van der Waals surface area contributed by atoms with Gasteiger partial charge >= 0.3 is 0 Å². The third kappa shape index (κ3) is 3.33. The van der Waals surface area contributed by atoms with E-state index in [1.165, 1.54) is 103 Å². The molecule has 0 bridgehead atoms. The number of hydrogen-bond donors (Lipinski definition) is 0. The molecule has 55 heavy (non-hydrogen) atoms. The minimum Gasteiger partial charge on any atom is -0.309 e. The van der Waals surface area contributed by atoms with Gasteiger partial charge in [0, 0.05) is 59.7 Å². The standard InChI is InChI=1S/C51H28N4/c1-2-13-31(14-3-1)53-42-22-8-7-17-34(42)39-27-30(24-25-44(39)53)46-32-15-5-4-12-29(32)26-40-36-19-10-20-37-41-28-45-47(52-51(41)55(48(36)37)50(40)46)38-21-11-18-35-33-16-6-9-23-43(33)54(45)49(35)38/h1-28H. The fraction of sp³-hybridized carbons (Fsp3) is 0. The molecule has 252 valence electrons. The second-order valence-electron chi connectivity index (χ2n) is 15.1. The number of fused-ring (bicyclic) bond motifs is 16. The van der Waals surface area contributed by atoms with Crippen LogP contribution in [0.5, 0.6) is 0 Å². The fourth-order valence-electron chi connectivity index (χ4n) is 10.3. The van der Waals surface area contributed by atoms with E-state index in [0.717, 1.165) is 22.4 Å². The second-order valence-corrected chi connectivity index (χ2v) is 15.1. The molecule has 6 heterocycles. The smallest absolute Gasteiger partial charge is 0.146 e. The number of aromatic nitrogens is 4. The van der Waals surface area contributed by atoms with Crippen molar-refractivity contribution < 1.29 is 0 Å². The molecule has 8 aromatic carbocycles. The van der Waals surface area contributed by atoms with Gasteiger partial charge in [0.2, 0.25) is 0 Å². The Labute approximate surface area is 313 Å². The monoisotopic (exact) mass is 696 g/mol. The molecule has 0 atom stereocenters. The summed E-state index contributed by atoms with van der Waals surface area (Å²) in [6.45, 7) is 0. The lowest BCUT2D eigenvalue weighted by Gasteiger charge is -2.12. The molecule has 0 radical (unpaired) electrons. The van der Waals surface area contributed by atoms with E-state index in [1.54, 1.807) is 0 Å². The second kappa shape index (κ2) is 9.75. The summed E-state index contributed by atoms with van der Waals surface area (Å²) in [4.78, 5) is 5.70. The van der Waals surface area contributed by atoms with Gasteiger partial charge in [0.1, 0.15) is 5.65 Å². The zero-order valence-electron chi connectivity index (χ0n) is 29.5. The van der Waals surface area contributed by atoms with E-state index in [-0.39, 0.29) is 0 Å². The van der Waals surface area contributed by atoms with Crippen LogP contribution in [0.3, 0.4) is 0 Å². The van der Waals surface area contributed by atoms with Crippen LogP contribution in [0.2, 0.25) is 0 Å². The minimum absolute atomic E-state index is 1.00. The normalized spacial score (nSPS) is 12.7. The van der Waals surface area contributed by atoms with Gasteiger partial charge in [0.25, 0.3) is 0 Å².